The third-order valence-electron chi connectivity index (χ3n) is 4.45. The van der Waals surface area contributed by atoms with Gasteiger partial charge in [-0.15, -0.1) is 0 Å². The summed E-state index contributed by atoms with van der Waals surface area (Å²) in [5.41, 5.74) is 1.94. The highest BCUT2D eigenvalue weighted by Gasteiger charge is 2.26. The number of nitrogens with zero attached hydrogens (tertiary/aromatic N) is 3. The van der Waals surface area contributed by atoms with Crippen molar-refractivity contribution in [2.75, 3.05) is 18.4 Å². The number of likely N-dealkylation sites (tertiary alicyclic amines) is 1. The Morgan fingerprint density at radius 2 is 2.04 bits per heavy atom. The largest absolute Gasteiger partial charge is 0.339 e. The molecule has 6 heteroatoms. The van der Waals surface area contributed by atoms with E-state index in [0.717, 1.165) is 11.1 Å². The fourth-order valence-corrected chi connectivity index (χ4v) is 2.94. The van der Waals surface area contributed by atoms with E-state index in [-0.39, 0.29) is 17.7 Å². The van der Waals surface area contributed by atoms with Gasteiger partial charge in [0.25, 0.3) is 0 Å². The third kappa shape index (κ3) is 4.75. The van der Waals surface area contributed by atoms with Crippen LogP contribution >= 0.6 is 0 Å². The van der Waals surface area contributed by atoms with Crippen LogP contribution in [0.5, 0.6) is 0 Å². The summed E-state index contributed by atoms with van der Waals surface area (Å²) in [5, 5.41) is 2.87. The molecule has 0 aromatic carbocycles. The Morgan fingerprint density at radius 3 is 2.73 bits per heavy atom. The molecule has 6 nitrogen and oxygen atoms in total. The molecule has 1 aliphatic rings. The Morgan fingerprint density at radius 1 is 1.23 bits per heavy atom. The molecule has 0 saturated carbocycles. The molecule has 1 aliphatic heterocycles. The highest BCUT2D eigenvalue weighted by atomic mass is 16.2. The van der Waals surface area contributed by atoms with Gasteiger partial charge in [-0.1, -0.05) is 6.07 Å². The maximum absolute atomic E-state index is 12.4. The Balaban J connectivity index is 1.49. The van der Waals surface area contributed by atoms with E-state index < -0.39 is 0 Å². The molecule has 0 bridgehead atoms. The van der Waals surface area contributed by atoms with Gasteiger partial charge in [-0.05, 0) is 55.2 Å². The maximum atomic E-state index is 12.4. The van der Waals surface area contributed by atoms with Gasteiger partial charge in [0.2, 0.25) is 11.8 Å². The van der Waals surface area contributed by atoms with Crippen LogP contribution in [0.4, 0.5) is 5.82 Å². The quantitative estimate of drug-likeness (QED) is 0.860. The fourth-order valence-electron chi connectivity index (χ4n) is 2.94. The monoisotopic (exact) mass is 350 g/mol. The van der Waals surface area contributed by atoms with Crippen molar-refractivity contribution < 1.29 is 9.59 Å². The van der Waals surface area contributed by atoms with Crippen molar-refractivity contribution in [2.45, 2.75) is 19.8 Å². The second kappa shape index (κ2) is 8.38. The zero-order chi connectivity index (χ0) is 18.4. The molecule has 2 amide bonds. The number of amides is 2. The van der Waals surface area contributed by atoms with Gasteiger partial charge >= 0.3 is 0 Å². The first-order chi connectivity index (χ1) is 12.6. The zero-order valence-electron chi connectivity index (χ0n) is 14.8. The normalized spacial score (nSPS) is 15.2. The van der Waals surface area contributed by atoms with Gasteiger partial charge in [0.15, 0.2) is 0 Å². The molecule has 2 aromatic rings. The Hall–Kier alpha value is -3.02. The molecule has 2 aromatic heterocycles. The first-order valence-electron chi connectivity index (χ1n) is 8.72. The molecule has 3 rings (SSSR count). The van der Waals surface area contributed by atoms with Gasteiger partial charge in [0.05, 0.1) is 0 Å². The molecule has 0 aliphatic carbocycles. The van der Waals surface area contributed by atoms with E-state index in [4.69, 9.17) is 0 Å². The standard InChI is InChI=1S/C20H22N4O2/c1-15-6-10-22-18(13-15)23-20(26)17-7-11-24(12-8-17)19(25)5-4-16-3-2-9-21-14-16/h2-6,9-10,13-14,17H,7-8,11-12H2,1H3,(H,22,23,26)/b5-4+. The lowest BCUT2D eigenvalue weighted by molar-refractivity contribution is -0.130. The Kier molecular flexibility index (Phi) is 5.73. The van der Waals surface area contributed by atoms with Crippen molar-refractivity contribution >= 4 is 23.7 Å². The van der Waals surface area contributed by atoms with E-state index >= 15 is 0 Å². The minimum atomic E-state index is -0.0938. The van der Waals surface area contributed by atoms with Gasteiger partial charge in [-0.25, -0.2) is 4.98 Å². The number of aryl methyl sites for hydroxylation is 1. The van der Waals surface area contributed by atoms with E-state index in [0.29, 0.717) is 31.7 Å². The SMILES string of the molecule is Cc1ccnc(NC(=O)C2CCN(C(=O)/C=C/c3cccnc3)CC2)c1. The van der Waals surface area contributed by atoms with Crippen LogP contribution in [0.25, 0.3) is 6.08 Å². The van der Waals surface area contributed by atoms with Gasteiger partial charge in [0, 0.05) is 43.7 Å². The number of rotatable bonds is 4. The molecule has 0 unspecified atom stereocenters. The zero-order valence-corrected chi connectivity index (χ0v) is 14.8. The summed E-state index contributed by atoms with van der Waals surface area (Å²) in [6.07, 6.45) is 9.72. The number of aromatic nitrogens is 2. The van der Waals surface area contributed by atoms with Crippen LogP contribution in [0, 0.1) is 12.8 Å². The van der Waals surface area contributed by atoms with Crippen LogP contribution < -0.4 is 5.32 Å². The highest BCUT2D eigenvalue weighted by molar-refractivity contribution is 5.93. The minimum Gasteiger partial charge on any atom is -0.339 e. The van der Waals surface area contributed by atoms with Crippen LogP contribution in [-0.4, -0.2) is 39.8 Å². The number of hydrogen-bond acceptors (Lipinski definition) is 4. The smallest absolute Gasteiger partial charge is 0.246 e. The van der Waals surface area contributed by atoms with Crippen LogP contribution in [0.15, 0.2) is 48.9 Å². The van der Waals surface area contributed by atoms with E-state index in [2.05, 4.69) is 15.3 Å². The summed E-state index contributed by atoms with van der Waals surface area (Å²) in [7, 11) is 0. The molecule has 0 spiro atoms. The average Bonchev–Trinajstić information content (AvgIpc) is 2.67. The number of pyridine rings is 2. The molecular weight excluding hydrogens is 328 g/mol. The summed E-state index contributed by atoms with van der Waals surface area (Å²) in [6, 6.07) is 7.46. The van der Waals surface area contributed by atoms with E-state index in [1.807, 2.05) is 31.2 Å². The fraction of sp³-hybridized carbons (Fsp3) is 0.300. The molecule has 1 saturated heterocycles. The topological polar surface area (TPSA) is 75.2 Å². The summed E-state index contributed by atoms with van der Waals surface area (Å²) < 4.78 is 0. The van der Waals surface area contributed by atoms with Gasteiger partial charge in [-0.2, -0.15) is 0 Å². The lowest BCUT2D eigenvalue weighted by atomic mass is 9.96. The third-order valence-corrected chi connectivity index (χ3v) is 4.45. The summed E-state index contributed by atoms with van der Waals surface area (Å²) in [6.45, 7) is 3.12. The van der Waals surface area contributed by atoms with Crippen LogP contribution in [0.2, 0.25) is 0 Å². The first kappa shape index (κ1) is 17.8. The first-order valence-corrected chi connectivity index (χ1v) is 8.72. The number of piperidine rings is 1. The van der Waals surface area contributed by atoms with Crippen molar-refractivity contribution in [1.29, 1.82) is 0 Å². The van der Waals surface area contributed by atoms with Gasteiger partial charge < -0.3 is 10.2 Å². The maximum Gasteiger partial charge on any atom is 0.246 e. The lowest BCUT2D eigenvalue weighted by Gasteiger charge is -2.30. The van der Waals surface area contributed by atoms with Crippen LogP contribution in [-0.2, 0) is 9.59 Å². The Bertz CT molecular complexity index is 796. The van der Waals surface area contributed by atoms with Crippen LogP contribution in [0.3, 0.4) is 0 Å². The van der Waals surface area contributed by atoms with Crippen molar-refractivity contribution in [1.82, 2.24) is 14.9 Å². The van der Waals surface area contributed by atoms with Crippen molar-refractivity contribution in [3.05, 3.63) is 60.1 Å². The molecular formula is C20H22N4O2. The predicted octanol–water partition coefficient (Wildman–Crippen LogP) is 2.68. The molecule has 1 N–H and O–H groups in total. The number of carbonyl (C=O) groups is 2. The Labute approximate surface area is 153 Å². The van der Waals surface area contributed by atoms with Crippen molar-refractivity contribution in [2.24, 2.45) is 5.92 Å². The van der Waals surface area contributed by atoms with Gasteiger partial charge in [-0.3, -0.25) is 14.6 Å². The van der Waals surface area contributed by atoms with E-state index in [1.54, 1.807) is 35.6 Å². The molecule has 0 radical (unpaired) electrons. The lowest BCUT2D eigenvalue weighted by Crippen LogP contribution is -2.40. The number of carbonyl (C=O) groups excluding carboxylic acids is 2. The molecule has 3 heterocycles. The number of hydrogen-bond donors (Lipinski definition) is 1. The molecule has 134 valence electrons. The minimum absolute atomic E-state index is 0.0268. The molecule has 0 atom stereocenters. The van der Waals surface area contributed by atoms with Gasteiger partial charge in [0.1, 0.15) is 5.82 Å². The van der Waals surface area contributed by atoms with E-state index in [9.17, 15) is 9.59 Å². The number of anilines is 1. The second-order valence-electron chi connectivity index (χ2n) is 6.43. The van der Waals surface area contributed by atoms with Crippen LogP contribution in [0.1, 0.15) is 24.0 Å². The predicted molar refractivity (Wildman–Crippen MR) is 100 cm³/mol. The summed E-state index contributed by atoms with van der Waals surface area (Å²) in [4.78, 5) is 34.6. The second-order valence-corrected chi connectivity index (χ2v) is 6.43. The van der Waals surface area contributed by atoms with Crippen molar-refractivity contribution in [3.8, 4) is 0 Å². The summed E-state index contributed by atoms with van der Waals surface area (Å²) in [5.74, 6) is 0.422. The highest BCUT2D eigenvalue weighted by Crippen LogP contribution is 2.19. The van der Waals surface area contributed by atoms with E-state index in [1.165, 1.54) is 0 Å². The average molecular weight is 350 g/mol. The molecule has 26 heavy (non-hydrogen) atoms. The molecule has 1 fully saturated rings. The van der Waals surface area contributed by atoms with Crippen molar-refractivity contribution in [3.63, 3.8) is 0 Å². The summed E-state index contributed by atoms with van der Waals surface area (Å²) >= 11 is 0. The number of nitrogens with one attached hydrogen (secondary N) is 1.